The van der Waals surface area contributed by atoms with E-state index < -0.39 is 0 Å². The summed E-state index contributed by atoms with van der Waals surface area (Å²) in [5.74, 6) is 3.63. The molecule has 0 N–H and O–H groups in total. The van der Waals surface area contributed by atoms with Crippen molar-refractivity contribution in [2.75, 3.05) is 13.7 Å². The Morgan fingerprint density at radius 2 is 1.81 bits per heavy atom. The highest BCUT2D eigenvalue weighted by molar-refractivity contribution is 5.89. The predicted octanol–water partition coefficient (Wildman–Crippen LogP) is 5.08. The third kappa shape index (κ3) is 3.43. The second-order valence-corrected chi connectivity index (χ2v) is 10.7. The first-order chi connectivity index (χ1) is 15.5. The third-order valence-corrected chi connectivity index (χ3v) is 9.57. The van der Waals surface area contributed by atoms with Crippen molar-refractivity contribution < 1.29 is 19.1 Å². The summed E-state index contributed by atoms with van der Waals surface area (Å²) in [5, 5.41) is 0. The number of likely N-dealkylation sites (tertiary alicyclic amines) is 1. The van der Waals surface area contributed by atoms with E-state index in [1.807, 2.05) is 12.1 Å². The highest BCUT2D eigenvalue weighted by Crippen LogP contribution is 2.62. The molecule has 1 amide bonds. The van der Waals surface area contributed by atoms with Crippen molar-refractivity contribution in [1.82, 2.24) is 4.90 Å². The van der Waals surface area contributed by atoms with Gasteiger partial charge in [0.05, 0.1) is 12.7 Å². The van der Waals surface area contributed by atoms with Crippen LogP contribution in [0.15, 0.2) is 24.3 Å². The van der Waals surface area contributed by atoms with Gasteiger partial charge in [-0.05, 0) is 99.8 Å². The van der Waals surface area contributed by atoms with Crippen LogP contribution < -0.4 is 4.74 Å². The summed E-state index contributed by atoms with van der Waals surface area (Å²) in [6.45, 7) is 5.35. The molecule has 1 saturated heterocycles. The number of methoxy groups -OCH3 is 1. The Bertz CT molecular complexity index is 867. The van der Waals surface area contributed by atoms with Crippen molar-refractivity contribution >= 4 is 11.9 Å². The Morgan fingerprint density at radius 1 is 1.03 bits per heavy atom. The Balaban J connectivity index is 1.29. The van der Waals surface area contributed by atoms with E-state index in [1.165, 1.54) is 12.8 Å². The molecule has 5 nitrogen and oxygen atoms in total. The Labute approximate surface area is 191 Å². The van der Waals surface area contributed by atoms with Crippen LogP contribution in [0.1, 0.15) is 75.6 Å². The van der Waals surface area contributed by atoms with Crippen LogP contribution in [0.3, 0.4) is 0 Å². The number of rotatable bonds is 4. The number of amides is 1. The molecule has 174 valence electrons. The number of nitrogens with zero attached hydrogens (tertiary/aromatic N) is 1. The third-order valence-electron chi connectivity index (χ3n) is 9.57. The molecule has 4 fully saturated rings. The lowest BCUT2D eigenvalue weighted by Gasteiger charge is -2.57. The Kier molecular flexibility index (Phi) is 5.71. The molecule has 4 aliphatic rings. The summed E-state index contributed by atoms with van der Waals surface area (Å²) in [5.41, 5.74) is 0.670. The maximum Gasteiger partial charge on any atom is 0.338 e. The van der Waals surface area contributed by atoms with Gasteiger partial charge in [0.1, 0.15) is 11.9 Å². The van der Waals surface area contributed by atoms with Gasteiger partial charge in [0.15, 0.2) is 0 Å². The molecule has 1 aliphatic heterocycles. The number of carbonyl (C=O) groups excluding carboxylic acids is 2. The summed E-state index contributed by atoms with van der Waals surface area (Å²) < 4.78 is 11.3. The average Bonchev–Trinajstić information content (AvgIpc) is 3.14. The number of carbonyl (C=O) groups is 2. The number of benzene rings is 1. The van der Waals surface area contributed by atoms with Gasteiger partial charge in [-0.3, -0.25) is 4.79 Å². The van der Waals surface area contributed by atoms with Crippen LogP contribution in [-0.2, 0) is 9.53 Å². The SMILES string of the molecule is CCN1C(=O)CC[C@@H]2[C@H]3CC[C@]4(C)[C@@H](OC(=O)c5ccc(OC)cc5)CC[C@H]4[C@@H]3CC[C@H]21. The van der Waals surface area contributed by atoms with Crippen molar-refractivity contribution in [1.29, 1.82) is 0 Å². The van der Waals surface area contributed by atoms with E-state index in [0.717, 1.165) is 56.7 Å². The standard InChI is InChI=1S/C27H37NO4/c1-4-28-23-12-9-20-19(21(23)10-14-25(28)29)15-16-27(2)22(20)11-13-24(27)32-26(30)17-5-7-18(31-3)8-6-17/h5-8,19-24H,4,9-16H2,1-3H3/t19-,20+,21+,22-,23+,24-,27-/m0/s1. The Hall–Kier alpha value is -2.04. The van der Waals surface area contributed by atoms with Gasteiger partial charge < -0.3 is 14.4 Å². The molecule has 0 radical (unpaired) electrons. The lowest BCUT2D eigenvalue weighted by Crippen LogP contribution is -2.57. The largest absolute Gasteiger partial charge is 0.497 e. The zero-order chi connectivity index (χ0) is 22.5. The van der Waals surface area contributed by atoms with Gasteiger partial charge in [-0.25, -0.2) is 4.79 Å². The van der Waals surface area contributed by atoms with Crippen LogP contribution in [-0.4, -0.2) is 42.6 Å². The van der Waals surface area contributed by atoms with Gasteiger partial charge in [0, 0.05) is 24.4 Å². The molecule has 32 heavy (non-hydrogen) atoms. The van der Waals surface area contributed by atoms with Crippen LogP contribution in [0.5, 0.6) is 5.75 Å². The lowest BCUT2D eigenvalue weighted by atomic mass is 9.52. The second-order valence-electron chi connectivity index (χ2n) is 10.7. The van der Waals surface area contributed by atoms with Gasteiger partial charge in [-0.15, -0.1) is 0 Å². The molecule has 3 aliphatic carbocycles. The van der Waals surface area contributed by atoms with E-state index in [0.29, 0.717) is 35.3 Å². The summed E-state index contributed by atoms with van der Waals surface area (Å²) in [7, 11) is 1.63. The van der Waals surface area contributed by atoms with Crippen LogP contribution in [0.4, 0.5) is 0 Å². The summed E-state index contributed by atoms with van der Waals surface area (Å²) >= 11 is 0. The normalized spacial score (nSPS) is 38.5. The monoisotopic (exact) mass is 439 g/mol. The fourth-order valence-electron chi connectivity index (χ4n) is 8.02. The maximum absolute atomic E-state index is 12.9. The van der Waals surface area contributed by atoms with Gasteiger partial charge in [-0.2, -0.15) is 0 Å². The van der Waals surface area contributed by atoms with Crippen molar-refractivity contribution in [2.24, 2.45) is 29.1 Å². The van der Waals surface area contributed by atoms with Gasteiger partial charge in [-0.1, -0.05) is 6.92 Å². The van der Waals surface area contributed by atoms with Gasteiger partial charge >= 0.3 is 5.97 Å². The van der Waals surface area contributed by atoms with Crippen LogP contribution in [0.2, 0.25) is 0 Å². The summed E-state index contributed by atoms with van der Waals surface area (Å²) in [4.78, 5) is 27.5. The van der Waals surface area contributed by atoms with Crippen LogP contribution in [0, 0.1) is 29.1 Å². The molecule has 0 aromatic heterocycles. The molecular formula is C27H37NO4. The zero-order valence-corrected chi connectivity index (χ0v) is 19.7. The molecule has 5 heteroatoms. The fourth-order valence-corrected chi connectivity index (χ4v) is 8.02. The smallest absolute Gasteiger partial charge is 0.338 e. The minimum absolute atomic E-state index is 0.000786. The minimum Gasteiger partial charge on any atom is -0.497 e. The highest BCUT2D eigenvalue weighted by atomic mass is 16.5. The number of hydrogen-bond donors (Lipinski definition) is 0. The van der Waals surface area contributed by atoms with Crippen molar-refractivity contribution in [2.45, 2.75) is 77.4 Å². The first kappa shape index (κ1) is 21.8. The van der Waals surface area contributed by atoms with E-state index in [4.69, 9.17) is 9.47 Å². The molecule has 0 bridgehead atoms. The van der Waals surface area contributed by atoms with Crippen LogP contribution in [0.25, 0.3) is 0 Å². The molecule has 1 aromatic rings. The quantitative estimate of drug-likeness (QED) is 0.614. The topological polar surface area (TPSA) is 55.8 Å². The van der Waals surface area contributed by atoms with E-state index in [2.05, 4.69) is 18.7 Å². The zero-order valence-electron chi connectivity index (χ0n) is 19.7. The van der Waals surface area contributed by atoms with E-state index in [9.17, 15) is 9.59 Å². The number of esters is 1. The van der Waals surface area contributed by atoms with Gasteiger partial charge in [0.2, 0.25) is 5.91 Å². The molecule has 1 aromatic carbocycles. The maximum atomic E-state index is 12.9. The second kappa shape index (κ2) is 8.39. The molecular weight excluding hydrogens is 402 g/mol. The van der Waals surface area contributed by atoms with E-state index in [-0.39, 0.29) is 17.5 Å². The summed E-state index contributed by atoms with van der Waals surface area (Å²) in [6, 6.07) is 7.66. The van der Waals surface area contributed by atoms with Gasteiger partial charge in [0.25, 0.3) is 0 Å². The highest BCUT2D eigenvalue weighted by Gasteiger charge is 2.58. The predicted molar refractivity (Wildman–Crippen MR) is 122 cm³/mol. The average molecular weight is 440 g/mol. The first-order valence-electron chi connectivity index (χ1n) is 12.6. The number of hydrogen-bond acceptors (Lipinski definition) is 4. The summed E-state index contributed by atoms with van der Waals surface area (Å²) in [6.07, 6.45) is 8.63. The molecule has 0 unspecified atom stereocenters. The lowest BCUT2D eigenvalue weighted by molar-refractivity contribution is -0.147. The van der Waals surface area contributed by atoms with Crippen molar-refractivity contribution in [3.05, 3.63) is 29.8 Å². The van der Waals surface area contributed by atoms with E-state index in [1.54, 1.807) is 19.2 Å². The molecule has 5 rings (SSSR count). The van der Waals surface area contributed by atoms with Crippen molar-refractivity contribution in [3.8, 4) is 5.75 Å². The molecule has 1 heterocycles. The van der Waals surface area contributed by atoms with Crippen molar-refractivity contribution in [3.63, 3.8) is 0 Å². The fraction of sp³-hybridized carbons (Fsp3) is 0.704. The van der Waals surface area contributed by atoms with E-state index >= 15 is 0 Å². The molecule has 7 atom stereocenters. The number of ether oxygens (including phenoxy) is 2. The number of fused-ring (bicyclic) bond motifs is 5. The Morgan fingerprint density at radius 3 is 2.53 bits per heavy atom. The minimum atomic E-state index is -0.213. The first-order valence-corrected chi connectivity index (χ1v) is 12.6. The van der Waals surface area contributed by atoms with Crippen LogP contribution >= 0.6 is 0 Å². The number of piperidine rings is 1. The molecule has 3 saturated carbocycles. The molecule has 0 spiro atoms.